The van der Waals surface area contributed by atoms with E-state index in [1.807, 2.05) is 0 Å². The topological polar surface area (TPSA) is 26.3 Å². The molecule has 0 fully saturated rings. The molecule has 2 aromatic carbocycles. The number of fused-ring (bicyclic) bond motifs is 1. The van der Waals surface area contributed by atoms with Gasteiger partial charge in [0, 0.05) is 5.56 Å². The number of carbonyl (C=O) groups is 1. The van der Waals surface area contributed by atoms with Crippen LogP contribution in [0, 0.1) is 11.6 Å². The van der Waals surface area contributed by atoms with E-state index in [4.69, 9.17) is 4.74 Å². The first-order chi connectivity index (χ1) is 9.15. The van der Waals surface area contributed by atoms with E-state index >= 15 is 0 Å². The molecule has 19 heavy (non-hydrogen) atoms. The summed E-state index contributed by atoms with van der Waals surface area (Å²) in [6, 6.07) is 10.4. The molecular weight excluding hydrogens is 250 g/mol. The first kappa shape index (κ1) is 11.6. The Morgan fingerprint density at radius 1 is 0.947 bits per heavy atom. The van der Waals surface area contributed by atoms with Gasteiger partial charge in [0.1, 0.15) is 5.76 Å². The van der Waals surface area contributed by atoms with E-state index in [2.05, 4.69) is 0 Å². The number of benzene rings is 2. The lowest BCUT2D eigenvalue weighted by molar-refractivity contribution is 0.0717. The quantitative estimate of drug-likeness (QED) is 0.730. The Labute approximate surface area is 107 Å². The fourth-order valence-electron chi connectivity index (χ4n) is 1.95. The molecule has 0 aromatic heterocycles. The maximum absolute atomic E-state index is 13.1. The largest absolute Gasteiger partial charge is 0.422 e. The Morgan fingerprint density at radius 3 is 2.42 bits per heavy atom. The minimum absolute atomic E-state index is 0.339. The Bertz CT molecular complexity index is 705. The highest BCUT2D eigenvalue weighted by molar-refractivity contribution is 6.05. The third-order valence-electron chi connectivity index (χ3n) is 2.86. The average molecular weight is 258 g/mol. The number of hydrogen-bond donors (Lipinski definition) is 0. The lowest BCUT2D eigenvalue weighted by Crippen LogP contribution is -1.92. The number of ether oxygens (including phenoxy) is 1. The molecule has 0 aliphatic carbocycles. The van der Waals surface area contributed by atoms with Crippen molar-refractivity contribution in [3.8, 4) is 0 Å². The van der Waals surface area contributed by atoms with Crippen LogP contribution in [-0.2, 0) is 4.74 Å². The zero-order valence-electron chi connectivity index (χ0n) is 9.69. The minimum Gasteiger partial charge on any atom is -0.422 e. The van der Waals surface area contributed by atoms with Crippen molar-refractivity contribution in [2.24, 2.45) is 0 Å². The summed E-state index contributed by atoms with van der Waals surface area (Å²) < 4.78 is 31.1. The lowest BCUT2D eigenvalue weighted by atomic mass is 10.1. The van der Waals surface area contributed by atoms with E-state index in [0.29, 0.717) is 22.4 Å². The Hall–Kier alpha value is -2.49. The van der Waals surface area contributed by atoms with Gasteiger partial charge in [-0.15, -0.1) is 0 Å². The van der Waals surface area contributed by atoms with Crippen molar-refractivity contribution in [3.63, 3.8) is 0 Å². The highest BCUT2D eigenvalue weighted by Gasteiger charge is 2.25. The summed E-state index contributed by atoms with van der Waals surface area (Å²) in [5.74, 6) is -1.95. The van der Waals surface area contributed by atoms with Gasteiger partial charge in [-0.25, -0.2) is 13.6 Å². The Balaban J connectivity index is 2.06. The monoisotopic (exact) mass is 258 g/mol. The lowest BCUT2D eigenvalue weighted by Gasteiger charge is -2.00. The normalized spacial score (nSPS) is 15.5. The van der Waals surface area contributed by atoms with E-state index in [-0.39, 0.29) is 0 Å². The van der Waals surface area contributed by atoms with Gasteiger partial charge in [-0.2, -0.15) is 0 Å². The molecule has 1 heterocycles. The van der Waals surface area contributed by atoms with Crippen LogP contribution in [0.2, 0.25) is 0 Å². The number of halogens is 2. The first-order valence-electron chi connectivity index (χ1n) is 5.63. The molecule has 0 atom stereocenters. The molecule has 4 heteroatoms. The fourth-order valence-corrected chi connectivity index (χ4v) is 1.95. The predicted molar refractivity (Wildman–Crippen MR) is 66.1 cm³/mol. The number of hydrogen-bond acceptors (Lipinski definition) is 2. The van der Waals surface area contributed by atoms with Crippen LogP contribution < -0.4 is 0 Å². The van der Waals surface area contributed by atoms with Crippen molar-refractivity contribution in [2.75, 3.05) is 0 Å². The molecular formula is C15H8F2O2. The van der Waals surface area contributed by atoms with E-state index in [1.54, 1.807) is 24.3 Å². The van der Waals surface area contributed by atoms with E-state index in [0.717, 1.165) is 12.1 Å². The second-order valence-electron chi connectivity index (χ2n) is 4.12. The molecule has 0 bridgehead atoms. The smallest absolute Gasteiger partial charge is 0.344 e. The molecule has 0 saturated carbocycles. The van der Waals surface area contributed by atoms with Gasteiger partial charge in [-0.05, 0) is 29.8 Å². The van der Waals surface area contributed by atoms with Gasteiger partial charge in [-0.3, -0.25) is 0 Å². The van der Waals surface area contributed by atoms with Gasteiger partial charge < -0.3 is 4.74 Å². The number of esters is 1. The number of rotatable bonds is 1. The Morgan fingerprint density at radius 2 is 1.68 bits per heavy atom. The van der Waals surface area contributed by atoms with Gasteiger partial charge in [0.25, 0.3) is 0 Å². The summed E-state index contributed by atoms with van der Waals surface area (Å²) in [4.78, 5) is 11.6. The van der Waals surface area contributed by atoms with E-state index in [1.165, 1.54) is 12.1 Å². The van der Waals surface area contributed by atoms with E-state index in [9.17, 15) is 13.6 Å². The van der Waals surface area contributed by atoms with Gasteiger partial charge in [0.05, 0.1) is 5.56 Å². The van der Waals surface area contributed by atoms with Crippen LogP contribution in [0.25, 0.3) is 11.8 Å². The summed E-state index contributed by atoms with van der Waals surface area (Å²) in [5.41, 5.74) is 1.55. The van der Waals surface area contributed by atoms with Crippen LogP contribution in [0.3, 0.4) is 0 Å². The van der Waals surface area contributed by atoms with Gasteiger partial charge in [0.15, 0.2) is 11.6 Å². The molecule has 1 aliphatic heterocycles. The zero-order valence-corrected chi connectivity index (χ0v) is 9.69. The summed E-state index contributed by atoms with van der Waals surface area (Å²) in [5, 5.41) is 0. The van der Waals surface area contributed by atoms with Crippen molar-refractivity contribution in [1.82, 2.24) is 0 Å². The Kier molecular flexibility index (Phi) is 2.63. The first-order valence-corrected chi connectivity index (χ1v) is 5.63. The van der Waals surface area contributed by atoms with Gasteiger partial charge in [-0.1, -0.05) is 24.3 Å². The van der Waals surface area contributed by atoms with Crippen molar-refractivity contribution in [1.29, 1.82) is 0 Å². The SMILES string of the molecule is O=C1O/C(=C\c2ccc(F)c(F)c2)c2ccccc21. The summed E-state index contributed by atoms with van der Waals surface area (Å²) in [6.07, 6.45) is 1.51. The molecule has 2 nitrogen and oxygen atoms in total. The summed E-state index contributed by atoms with van der Waals surface area (Å²) in [7, 11) is 0. The predicted octanol–water partition coefficient (Wildman–Crippen LogP) is 3.63. The number of cyclic esters (lactones) is 1. The molecule has 0 amide bonds. The van der Waals surface area contributed by atoms with Crippen LogP contribution in [0.4, 0.5) is 8.78 Å². The molecule has 2 aromatic rings. The molecule has 3 rings (SSSR count). The highest BCUT2D eigenvalue weighted by atomic mass is 19.2. The third kappa shape index (κ3) is 2.01. The van der Waals surface area contributed by atoms with Crippen molar-refractivity contribution in [2.45, 2.75) is 0 Å². The number of carbonyl (C=O) groups excluding carboxylic acids is 1. The molecule has 0 unspecified atom stereocenters. The van der Waals surface area contributed by atoms with Crippen LogP contribution in [0.15, 0.2) is 42.5 Å². The molecule has 0 saturated heterocycles. The van der Waals surface area contributed by atoms with E-state index < -0.39 is 17.6 Å². The summed E-state index contributed by atoms with van der Waals surface area (Å²) in [6.45, 7) is 0. The van der Waals surface area contributed by atoms with Crippen LogP contribution in [0.1, 0.15) is 21.5 Å². The van der Waals surface area contributed by atoms with Crippen molar-refractivity contribution >= 4 is 17.8 Å². The second kappa shape index (κ2) is 4.31. The second-order valence-corrected chi connectivity index (χ2v) is 4.12. The van der Waals surface area contributed by atoms with Gasteiger partial charge >= 0.3 is 5.97 Å². The minimum atomic E-state index is -0.938. The van der Waals surface area contributed by atoms with Crippen LogP contribution in [0.5, 0.6) is 0 Å². The molecule has 0 radical (unpaired) electrons. The molecule has 1 aliphatic rings. The fraction of sp³-hybridized carbons (Fsp3) is 0. The van der Waals surface area contributed by atoms with Crippen molar-refractivity contribution in [3.05, 3.63) is 70.8 Å². The molecule has 0 N–H and O–H groups in total. The summed E-state index contributed by atoms with van der Waals surface area (Å²) >= 11 is 0. The third-order valence-corrected chi connectivity index (χ3v) is 2.86. The molecule has 94 valence electrons. The van der Waals surface area contributed by atoms with Gasteiger partial charge in [0.2, 0.25) is 0 Å². The molecule has 0 spiro atoms. The standard InChI is InChI=1S/C15H8F2O2/c16-12-6-5-9(7-13(12)17)8-14-10-3-1-2-4-11(10)15(18)19-14/h1-8H/b14-8-. The zero-order chi connectivity index (χ0) is 13.4. The maximum Gasteiger partial charge on any atom is 0.344 e. The maximum atomic E-state index is 13.1. The highest BCUT2D eigenvalue weighted by Crippen LogP contribution is 2.31. The van der Waals surface area contributed by atoms with Crippen LogP contribution in [-0.4, -0.2) is 5.97 Å². The van der Waals surface area contributed by atoms with Crippen molar-refractivity contribution < 1.29 is 18.3 Å². The van der Waals surface area contributed by atoms with Crippen LogP contribution >= 0.6 is 0 Å². The average Bonchev–Trinajstić information content (AvgIpc) is 2.72.